The number of amides is 4. The molecule has 1 aromatic rings. The van der Waals surface area contributed by atoms with Crippen molar-refractivity contribution < 1.29 is 19.2 Å². The largest absolute Gasteiger partial charge is 0.371 e. The molecule has 1 N–H and O–H groups in total. The first kappa shape index (κ1) is 23.8. The summed E-state index contributed by atoms with van der Waals surface area (Å²) in [6.07, 6.45) is 3.83. The summed E-state index contributed by atoms with van der Waals surface area (Å²) in [7, 11) is 0. The first-order valence-corrected chi connectivity index (χ1v) is 12.8. The third kappa shape index (κ3) is 4.66. The zero-order valence-electron chi connectivity index (χ0n) is 20.6. The van der Waals surface area contributed by atoms with Crippen LogP contribution in [0, 0.1) is 5.92 Å². The zero-order valence-corrected chi connectivity index (χ0v) is 20.6. The summed E-state index contributed by atoms with van der Waals surface area (Å²) in [4.78, 5) is 56.6. The Bertz CT molecular complexity index is 1010. The van der Waals surface area contributed by atoms with Gasteiger partial charge in [0.2, 0.25) is 18.2 Å². The molecular formula is C26H35N5O4. The van der Waals surface area contributed by atoms with E-state index in [2.05, 4.69) is 35.0 Å². The number of nitrogens with one attached hydrogen (secondary N) is 1. The van der Waals surface area contributed by atoms with Crippen LogP contribution < -0.4 is 10.2 Å². The van der Waals surface area contributed by atoms with Crippen molar-refractivity contribution in [1.82, 2.24) is 20.0 Å². The maximum atomic E-state index is 13.1. The van der Waals surface area contributed by atoms with Crippen molar-refractivity contribution in [2.75, 3.05) is 37.6 Å². The van der Waals surface area contributed by atoms with E-state index >= 15 is 0 Å². The van der Waals surface area contributed by atoms with E-state index in [0.717, 1.165) is 63.2 Å². The average molecular weight is 482 g/mol. The van der Waals surface area contributed by atoms with Crippen LogP contribution in [0.5, 0.6) is 0 Å². The van der Waals surface area contributed by atoms with Crippen LogP contribution in [0.25, 0.3) is 0 Å². The fourth-order valence-electron chi connectivity index (χ4n) is 6.28. The quantitative estimate of drug-likeness (QED) is 0.502. The number of rotatable bonds is 5. The minimum absolute atomic E-state index is 0.121. The van der Waals surface area contributed by atoms with Gasteiger partial charge >= 0.3 is 0 Å². The van der Waals surface area contributed by atoms with E-state index in [1.807, 2.05) is 17.0 Å². The standard InChI is InChI=1S/C26H35N5O4/c1-17-12-28(13-18(2)31(17)16-32)14-19-7-9-29(10-8-19)21-4-3-20-15-30(26(35)22(20)11-21)23-5-6-24(33)27-25(23)34/h3-4,11,16-19,23H,5-10,12-15H2,1-2H3,(H,27,33,34). The van der Waals surface area contributed by atoms with Gasteiger partial charge in [-0.05, 0) is 56.7 Å². The molecule has 3 unspecified atom stereocenters. The van der Waals surface area contributed by atoms with Gasteiger partial charge in [0, 0.05) is 69.0 Å². The van der Waals surface area contributed by atoms with Crippen molar-refractivity contribution >= 4 is 29.8 Å². The van der Waals surface area contributed by atoms with Crippen LogP contribution in [0.15, 0.2) is 18.2 Å². The van der Waals surface area contributed by atoms with Crippen molar-refractivity contribution in [1.29, 1.82) is 0 Å². The number of imide groups is 1. The molecular weight excluding hydrogens is 446 g/mol. The minimum atomic E-state index is -0.578. The van der Waals surface area contributed by atoms with E-state index in [-0.39, 0.29) is 36.2 Å². The van der Waals surface area contributed by atoms with Crippen LogP contribution in [0.4, 0.5) is 5.69 Å². The fourth-order valence-corrected chi connectivity index (χ4v) is 6.28. The highest BCUT2D eigenvalue weighted by Gasteiger charge is 2.39. The molecule has 3 atom stereocenters. The van der Waals surface area contributed by atoms with E-state index in [4.69, 9.17) is 0 Å². The number of fused-ring (bicyclic) bond motifs is 1. The third-order valence-electron chi connectivity index (χ3n) is 8.19. The number of hydrogen-bond acceptors (Lipinski definition) is 6. The smallest absolute Gasteiger partial charge is 0.255 e. The molecule has 4 aliphatic heterocycles. The molecule has 4 aliphatic rings. The van der Waals surface area contributed by atoms with E-state index in [1.165, 1.54) is 0 Å². The number of piperazine rings is 1. The Morgan fingerprint density at radius 1 is 1.03 bits per heavy atom. The van der Waals surface area contributed by atoms with Gasteiger partial charge < -0.3 is 14.7 Å². The number of carbonyl (C=O) groups excluding carboxylic acids is 4. The van der Waals surface area contributed by atoms with Gasteiger partial charge in [-0.15, -0.1) is 0 Å². The highest BCUT2D eigenvalue weighted by molar-refractivity contribution is 6.05. The second kappa shape index (κ2) is 9.60. The molecule has 0 spiro atoms. The Hall–Kier alpha value is -2.94. The number of piperidine rings is 2. The summed E-state index contributed by atoms with van der Waals surface area (Å²) in [6, 6.07) is 6.00. The lowest BCUT2D eigenvalue weighted by molar-refractivity contribution is -0.137. The number of anilines is 1. The van der Waals surface area contributed by atoms with Crippen LogP contribution in [0.2, 0.25) is 0 Å². The molecule has 4 amide bonds. The van der Waals surface area contributed by atoms with Gasteiger partial charge in [0.05, 0.1) is 0 Å². The molecule has 5 rings (SSSR count). The Kier molecular flexibility index (Phi) is 6.53. The molecule has 35 heavy (non-hydrogen) atoms. The topological polar surface area (TPSA) is 93.3 Å². The first-order chi connectivity index (χ1) is 16.8. The van der Waals surface area contributed by atoms with Crippen LogP contribution in [-0.2, 0) is 20.9 Å². The lowest BCUT2D eigenvalue weighted by Gasteiger charge is -2.44. The van der Waals surface area contributed by atoms with Gasteiger partial charge in [-0.1, -0.05) is 6.07 Å². The third-order valence-corrected chi connectivity index (χ3v) is 8.19. The van der Waals surface area contributed by atoms with Crippen LogP contribution in [0.3, 0.4) is 0 Å². The van der Waals surface area contributed by atoms with Crippen molar-refractivity contribution in [3.8, 4) is 0 Å². The summed E-state index contributed by atoms with van der Waals surface area (Å²) < 4.78 is 0. The van der Waals surface area contributed by atoms with Crippen LogP contribution >= 0.6 is 0 Å². The lowest BCUT2D eigenvalue weighted by Crippen LogP contribution is -2.57. The summed E-state index contributed by atoms with van der Waals surface area (Å²) in [5, 5.41) is 2.36. The number of nitrogens with zero attached hydrogens (tertiary/aromatic N) is 4. The monoisotopic (exact) mass is 481 g/mol. The zero-order chi connectivity index (χ0) is 24.7. The van der Waals surface area contributed by atoms with Gasteiger partial charge in [-0.2, -0.15) is 0 Å². The molecule has 0 aliphatic carbocycles. The molecule has 3 saturated heterocycles. The first-order valence-electron chi connectivity index (χ1n) is 12.8. The predicted molar refractivity (Wildman–Crippen MR) is 131 cm³/mol. The molecule has 9 nitrogen and oxygen atoms in total. The molecule has 3 fully saturated rings. The summed E-state index contributed by atoms with van der Waals surface area (Å²) in [6.45, 7) is 9.49. The molecule has 9 heteroatoms. The van der Waals surface area contributed by atoms with Crippen molar-refractivity contribution in [3.05, 3.63) is 29.3 Å². The highest BCUT2D eigenvalue weighted by Crippen LogP contribution is 2.32. The predicted octanol–water partition coefficient (Wildman–Crippen LogP) is 1.22. The van der Waals surface area contributed by atoms with E-state index in [0.29, 0.717) is 24.4 Å². The van der Waals surface area contributed by atoms with Gasteiger partial charge in [0.1, 0.15) is 6.04 Å². The SMILES string of the molecule is CC1CN(CC2CCN(c3ccc4c(c3)C(=O)N(C3CCC(=O)NC3=O)C4)CC2)CC(C)N1C=O. The Balaban J connectivity index is 1.17. The second-order valence-electron chi connectivity index (χ2n) is 10.6. The maximum absolute atomic E-state index is 13.1. The second-order valence-corrected chi connectivity index (χ2v) is 10.6. The van der Waals surface area contributed by atoms with Gasteiger partial charge in [0.15, 0.2) is 0 Å². The molecule has 188 valence electrons. The van der Waals surface area contributed by atoms with Gasteiger partial charge in [-0.3, -0.25) is 29.4 Å². The van der Waals surface area contributed by atoms with Crippen LogP contribution in [0.1, 0.15) is 55.5 Å². The van der Waals surface area contributed by atoms with Crippen molar-refractivity contribution in [2.45, 2.75) is 64.2 Å². The lowest BCUT2D eigenvalue weighted by atomic mass is 9.94. The molecule has 0 radical (unpaired) electrons. The van der Waals surface area contributed by atoms with Gasteiger partial charge in [-0.25, -0.2) is 0 Å². The fraction of sp³-hybridized carbons (Fsp3) is 0.615. The van der Waals surface area contributed by atoms with E-state index in [9.17, 15) is 19.2 Å². The van der Waals surface area contributed by atoms with Crippen molar-refractivity contribution in [2.24, 2.45) is 5.92 Å². The molecule has 0 saturated carbocycles. The Morgan fingerprint density at radius 2 is 1.74 bits per heavy atom. The van der Waals surface area contributed by atoms with Gasteiger partial charge in [0.25, 0.3) is 5.91 Å². The summed E-state index contributed by atoms with van der Waals surface area (Å²) in [5.74, 6) is -0.133. The number of hydrogen-bond donors (Lipinski definition) is 1. The average Bonchev–Trinajstić information content (AvgIpc) is 3.15. The minimum Gasteiger partial charge on any atom is -0.371 e. The normalized spacial score (nSPS) is 28.3. The number of carbonyl (C=O) groups is 4. The Labute approximate surface area is 206 Å². The van der Waals surface area contributed by atoms with Crippen molar-refractivity contribution in [3.63, 3.8) is 0 Å². The number of benzene rings is 1. The molecule has 1 aromatic carbocycles. The molecule has 4 heterocycles. The molecule has 0 aromatic heterocycles. The Morgan fingerprint density at radius 3 is 2.40 bits per heavy atom. The highest BCUT2D eigenvalue weighted by atomic mass is 16.2. The van der Waals surface area contributed by atoms with E-state index < -0.39 is 6.04 Å². The van der Waals surface area contributed by atoms with E-state index in [1.54, 1.807) is 4.90 Å². The summed E-state index contributed by atoms with van der Waals surface area (Å²) in [5.41, 5.74) is 2.67. The maximum Gasteiger partial charge on any atom is 0.255 e. The van der Waals surface area contributed by atoms with Crippen LogP contribution in [-0.4, -0.2) is 89.7 Å². The summed E-state index contributed by atoms with van der Waals surface area (Å²) >= 11 is 0. The molecule has 0 bridgehead atoms.